The summed E-state index contributed by atoms with van der Waals surface area (Å²) in [5.41, 5.74) is 2.40. The van der Waals surface area contributed by atoms with Gasteiger partial charge in [-0.15, -0.1) is 11.3 Å². The van der Waals surface area contributed by atoms with Crippen LogP contribution in [0.4, 0.5) is 0 Å². The van der Waals surface area contributed by atoms with E-state index in [-0.39, 0.29) is 0 Å². The molecule has 1 N–H and O–H groups in total. The summed E-state index contributed by atoms with van der Waals surface area (Å²) in [7, 11) is 0. The zero-order chi connectivity index (χ0) is 15.1. The molecule has 1 atom stereocenters. The van der Waals surface area contributed by atoms with Crippen molar-refractivity contribution < 1.29 is 4.74 Å². The second-order valence-corrected chi connectivity index (χ2v) is 6.04. The summed E-state index contributed by atoms with van der Waals surface area (Å²) in [6.45, 7) is 7.96. The highest BCUT2D eigenvalue weighted by Crippen LogP contribution is 2.23. The van der Waals surface area contributed by atoms with Gasteiger partial charge in [-0.2, -0.15) is 0 Å². The van der Waals surface area contributed by atoms with E-state index in [1.165, 1.54) is 10.6 Å². The lowest BCUT2D eigenvalue weighted by Crippen LogP contribution is -2.24. The molecule has 0 spiro atoms. The number of nitrogens with zero attached hydrogens (tertiary/aromatic N) is 1. The van der Waals surface area contributed by atoms with Gasteiger partial charge in [0, 0.05) is 23.5 Å². The molecular formula is C17H24N2OS. The maximum Gasteiger partial charge on any atom is 0.119 e. The predicted molar refractivity (Wildman–Crippen MR) is 89.2 cm³/mol. The van der Waals surface area contributed by atoms with Gasteiger partial charge in [0.05, 0.1) is 11.6 Å². The van der Waals surface area contributed by atoms with E-state index >= 15 is 0 Å². The second-order valence-electron chi connectivity index (χ2n) is 5.10. The number of aromatic nitrogens is 1. The van der Waals surface area contributed by atoms with Gasteiger partial charge in [0.25, 0.3) is 0 Å². The van der Waals surface area contributed by atoms with Gasteiger partial charge in [-0.3, -0.25) is 0 Å². The Labute approximate surface area is 131 Å². The van der Waals surface area contributed by atoms with E-state index in [2.05, 4.69) is 34.7 Å². The molecule has 0 amide bonds. The van der Waals surface area contributed by atoms with E-state index in [1.54, 1.807) is 11.3 Å². The summed E-state index contributed by atoms with van der Waals surface area (Å²) in [4.78, 5) is 4.58. The Balaban J connectivity index is 2.10. The highest BCUT2D eigenvalue weighted by atomic mass is 32.1. The molecule has 114 valence electrons. The summed E-state index contributed by atoms with van der Waals surface area (Å²) >= 11 is 1.74. The lowest BCUT2D eigenvalue weighted by molar-refractivity contribution is 0.340. The number of hydrogen-bond acceptors (Lipinski definition) is 4. The maximum atomic E-state index is 5.51. The number of rotatable bonds is 8. The van der Waals surface area contributed by atoms with Crippen LogP contribution in [-0.4, -0.2) is 18.1 Å². The minimum absolute atomic E-state index is 0.311. The van der Waals surface area contributed by atoms with Crippen molar-refractivity contribution in [1.82, 2.24) is 10.3 Å². The first-order valence-electron chi connectivity index (χ1n) is 7.60. The first-order valence-corrected chi connectivity index (χ1v) is 8.48. The Morgan fingerprint density at radius 2 is 2.00 bits per heavy atom. The van der Waals surface area contributed by atoms with Gasteiger partial charge >= 0.3 is 0 Å². The van der Waals surface area contributed by atoms with Crippen LogP contribution in [0.2, 0.25) is 0 Å². The van der Waals surface area contributed by atoms with Gasteiger partial charge < -0.3 is 10.1 Å². The molecule has 3 nitrogen and oxygen atoms in total. The zero-order valence-corrected chi connectivity index (χ0v) is 13.9. The average Bonchev–Trinajstić information content (AvgIpc) is 2.90. The van der Waals surface area contributed by atoms with Crippen molar-refractivity contribution in [1.29, 1.82) is 0 Å². The van der Waals surface area contributed by atoms with Gasteiger partial charge in [-0.1, -0.05) is 19.1 Å². The monoisotopic (exact) mass is 304 g/mol. The molecule has 2 aromatic rings. The Kier molecular flexibility index (Phi) is 6.21. The molecule has 0 fully saturated rings. The quantitative estimate of drug-likeness (QED) is 0.796. The second kappa shape index (κ2) is 8.15. The van der Waals surface area contributed by atoms with Crippen molar-refractivity contribution >= 4 is 11.3 Å². The molecule has 4 heteroatoms. The van der Waals surface area contributed by atoms with Gasteiger partial charge in [0.2, 0.25) is 0 Å². The number of aryl methyl sites for hydroxylation is 1. The fraction of sp³-hybridized carbons (Fsp3) is 0.471. The van der Waals surface area contributed by atoms with Crippen LogP contribution >= 0.6 is 11.3 Å². The Bertz CT molecular complexity index is 536. The van der Waals surface area contributed by atoms with Crippen molar-refractivity contribution in [2.24, 2.45) is 0 Å². The summed E-state index contributed by atoms with van der Waals surface area (Å²) in [5, 5.41) is 6.93. The van der Waals surface area contributed by atoms with Crippen molar-refractivity contribution in [2.75, 3.05) is 13.2 Å². The molecular weight excluding hydrogens is 280 g/mol. The van der Waals surface area contributed by atoms with Crippen LogP contribution in [0.25, 0.3) is 0 Å². The average molecular weight is 304 g/mol. The number of thiazole rings is 1. The molecule has 1 heterocycles. The third kappa shape index (κ3) is 4.83. The van der Waals surface area contributed by atoms with Crippen LogP contribution in [0.1, 0.15) is 42.6 Å². The first kappa shape index (κ1) is 16.0. The van der Waals surface area contributed by atoms with Crippen LogP contribution in [0.15, 0.2) is 29.6 Å². The minimum atomic E-state index is 0.311. The smallest absolute Gasteiger partial charge is 0.119 e. The van der Waals surface area contributed by atoms with E-state index in [9.17, 15) is 0 Å². The van der Waals surface area contributed by atoms with Gasteiger partial charge in [0.15, 0.2) is 0 Å². The summed E-state index contributed by atoms with van der Waals surface area (Å²) in [6.07, 6.45) is 2.07. The molecule has 1 aromatic heterocycles. The third-order valence-electron chi connectivity index (χ3n) is 3.28. The van der Waals surface area contributed by atoms with E-state index in [0.29, 0.717) is 12.6 Å². The fourth-order valence-corrected chi connectivity index (χ4v) is 3.08. The number of hydrogen-bond donors (Lipinski definition) is 1. The molecule has 0 saturated carbocycles. The van der Waals surface area contributed by atoms with Crippen LogP contribution in [-0.2, 0) is 6.42 Å². The molecule has 0 saturated heterocycles. The summed E-state index contributed by atoms with van der Waals surface area (Å²) in [6, 6.07) is 8.71. The lowest BCUT2D eigenvalue weighted by atomic mass is 10.0. The molecule has 0 bridgehead atoms. The van der Waals surface area contributed by atoms with Crippen LogP contribution in [0.5, 0.6) is 5.75 Å². The van der Waals surface area contributed by atoms with E-state index < -0.39 is 0 Å². The van der Waals surface area contributed by atoms with E-state index in [0.717, 1.165) is 30.8 Å². The third-order valence-corrected chi connectivity index (χ3v) is 4.27. The summed E-state index contributed by atoms with van der Waals surface area (Å²) < 4.78 is 5.51. The van der Waals surface area contributed by atoms with Gasteiger partial charge in [-0.25, -0.2) is 4.98 Å². The Hall–Kier alpha value is -1.39. The predicted octanol–water partition coefficient (Wildman–Crippen LogP) is 4.13. The number of benzene rings is 1. The Morgan fingerprint density at radius 1 is 1.24 bits per heavy atom. The van der Waals surface area contributed by atoms with Crippen LogP contribution < -0.4 is 10.1 Å². The van der Waals surface area contributed by atoms with Crippen molar-refractivity contribution in [3.8, 4) is 5.75 Å². The minimum Gasteiger partial charge on any atom is -0.494 e. The number of nitrogens with one attached hydrogen (secondary N) is 1. The highest BCUT2D eigenvalue weighted by Gasteiger charge is 2.13. The maximum absolute atomic E-state index is 5.51. The zero-order valence-electron chi connectivity index (χ0n) is 13.1. The standard InChI is InChI=1S/C17H24N2OS/c1-4-10-18-16(11-17-19-13(3)12-21-17)14-6-8-15(9-7-14)20-5-2/h6-9,12,16,18H,4-5,10-11H2,1-3H3. The normalized spacial score (nSPS) is 12.3. The topological polar surface area (TPSA) is 34.2 Å². The highest BCUT2D eigenvalue weighted by molar-refractivity contribution is 7.09. The van der Waals surface area contributed by atoms with E-state index in [4.69, 9.17) is 4.74 Å². The number of ether oxygens (including phenoxy) is 1. The molecule has 0 radical (unpaired) electrons. The van der Waals surface area contributed by atoms with Gasteiger partial charge in [-0.05, 0) is 44.5 Å². The van der Waals surface area contributed by atoms with Crippen LogP contribution in [0.3, 0.4) is 0 Å². The van der Waals surface area contributed by atoms with Crippen LogP contribution in [0, 0.1) is 6.92 Å². The molecule has 0 aliphatic rings. The van der Waals surface area contributed by atoms with Crippen molar-refractivity contribution in [3.05, 3.63) is 45.9 Å². The van der Waals surface area contributed by atoms with Gasteiger partial charge in [0.1, 0.15) is 5.75 Å². The largest absolute Gasteiger partial charge is 0.494 e. The van der Waals surface area contributed by atoms with Crippen molar-refractivity contribution in [2.45, 2.75) is 39.7 Å². The molecule has 0 aliphatic carbocycles. The molecule has 0 aliphatic heterocycles. The van der Waals surface area contributed by atoms with Crippen molar-refractivity contribution in [3.63, 3.8) is 0 Å². The Morgan fingerprint density at radius 3 is 2.57 bits per heavy atom. The molecule has 21 heavy (non-hydrogen) atoms. The fourth-order valence-electron chi connectivity index (χ4n) is 2.26. The SMILES string of the molecule is CCCNC(Cc1nc(C)cs1)c1ccc(OCC)cc1. The molecule has 2 rings (SSSR count). The first-order chi connectivity index (χ1) is 10.2. The molecule has 1 unspecified atom stereocenters. The summed E-state index contributed by atoms with van der Waals surface area (Å²) in [5.74, 6) is 0.931. The molecule has 1 aromatic carbocycles. The lowest BCUT2D eigenvalue weighted by Gasteiger charge is -2.18. The van der Waals surface area contributed by atoms with E-state index in [1.807, 2.05) is 26.0 Å².